The molecule has 1 unspecified atom stereocenters. The zero-order chi connectivity index (χ0) is 9.78. The summed E-state index contributed by atoms with van der Waals surface area (Å²) in [5.74, 6) is -3.39. The maximum absolute atomic E-state index is 12.3. The Morgan fingerprint density at radius 3 is 2.08 bits per heavy atom. The second-order valence-electron chi connectivity index (χ2n) is 2.39. The van der Waals surface area contributed by atoms with Gasteiger partial charge in [0.1, 0.15) is 6.17 Å². The van der Waals surface area contributed by atoms with Crippen LogP contribution >= 0.6 is 0 Å². The number of hydrogen-bond donors (Lipinski definition) is 0. The molecule has 0 rings (SSSR count). The Kier molecular flexibility index (Phi) is 4.20. The van der Waals surface area contributed by atoms with Crippen LogP contribution in [0.25, 0.3) is 0 Å². The third-order valence-corrected chi connectivity index (χ3v) is 1.23. The van der Waals surface area contributed by atoms with Gasteiger partial charge in [0.2, 0.25) is 6.43 Å². The van der Waals surface area contributed by atoms with E-state index in [-0.39, 0.29) is 6.08 Å². The first kappa shape index (κ1) is 11.4. The van der Waals surface area contributed by atoms with Gasteiger partial charge in [0.05, 0.1) is 0 Å². The lowest BCUT2D eigenvalue weighted by Gasteiger charge is -2.13. The molecular formula is C7H9F5. The minimum Gasteiger partial charge on any atom is -0.247 e. The van der Waals surface area contributed by atoms with E-state index < -0.39 is 31.4 Å². The molecule has 0 radical (unpaired) electrons. The van der Waals surface area contributed by atoms with Crippen LogP contribution in [0.4, 0.5) is 22.0 Å². The van der Waals surface area contributed by atoms with Gasteiger partial charge in [-0.1, -0.05) is 6.58 Å². The fourth-order valence-corrected chi connectivity index (χ4v) is 0.655. The molecule has 0 bridgehead atoms. The molecule has 0 aliphatic carbocycles. The van der Waals surface area contributed by atoms with Gasteiger partial charge in [0.25, 0.3) is 5.92 Å². The molecule has 0 saturated heterocycles. The van der Waals surface area contributed by atoms with Crippen molar-refractivity contribution < 1.29 is 22.0 Å². The summed E-state index contributed by atoms with van der Waals surface area (Å²) in [6.07, 6.45) is -7.19. The molecule has 0 N–H and O–H groups in total. The lowest BCUT2D eigenvalue weighted by molar-refractivity contribution is 0.00450. The van der Waals surface area contributed by atoms with Crippen molar-refractivity contribution in [2.75, 3.05) is 0 Å². The van der Waals surface area contributed by atoms with E-state index in [0.717, 1.165) is 0 Å². The summed E-state index contributed by atoms with van der Waals surface area (Å²) >= 11 is 0. The molecular weight excluding hydrogens is 179 g/mol. The summed E-state index contributed by atoms with van der Waals surface area (Å²) in [4.78, 5) is 0. The van der Waals surface area contributed by atoms with E-state index in [1.807, 2.05) is 0 Å². The van der Waals surface area contributed by atoms with Crippen LogP contribution in [0.3, 0.4) is 0 Å². The maximum atomic E-state index is 12.3. The van der Waals surface area contributed by atoms with Gasteiger partial charge >= 0.3 is 0 Å². The third kappa shape index (κ3) is 5.09. The molecule has 0 aromatic heterocycles. The second-order valence-corrected chi connectivity index (χ2v) is 2.39. The number of halogens is 5. The third-order valence-electron chi connectivity index (χ3n) is 1.23. The van der Waals surface area contributed by atoms with Crippen molar-refractivity contribution in [1.29, 1.82) is 0 Å². The van der Waals surface area contributed by atoms with E-state index in [1.165, 1.54) is 0 Å². The van der Waals surface area contributed by atoms with Crippen LogP contribution in [0.2, 0.25) is 0 Å². The standard InChI is InChI=1S/C7H9F5/c1-2-7(11,12)4-5(8)3-6(9)10/h2,5-6H,1,3-4H2. The maximum Gasteiger partial charge on any atom is 0.269 e. The molecule has 0 fully saturated rings. The molecule has 0 aliphatic heterocycles. The highest BCUT2D eigenvalue weighted by Gasteiger charge is 2.30. The predicted molar refractivity (Wildman–Crippen MR) is 35.3 cm³/mol. The topological polar surface area (TPSA) is 0 Å². The van der Waals surface area contributed by atoms with Crippen LogP contribution in [0.5, 0.6) is 0 Å². The Balaban J connectivity index is 3.83. The van der Waals surface area contributed by atoms with Gasteiger partial charge in [0.15, 0.2) is 0 Å². The summed E-state index contributed by atoms with van der Waals surface area (Å²) in [6.45, 7) is 2.76. The monoisotopic (exact) mass is 188 g/mol. The number of alkyl halides is 5. The van der Waals surface area contributed by atoms with Crippen molar-refractivity contribution in [2.45, 2.75) is 31.4 Å². The highest BCUT2D eigenvalue weighted by atomic mass is 19.3. The van der Waals surface area contributed by atoms with Crippen molar-refractivity contribution in [3.8, 4) is 0 Å². The normalized spacial score (nSPS) is 14.8. The molecule has 0 spiro atoms. The van der Waals surface area contributed by atoms with Crippen LogP contribution in [-0.2, 0) is 0 Å². The molecule has 0 aromatic rings. The Morgan fingerprint density at radius 1 is 1.25 bits per heavy atom. The van der Waals surface area contributed by atoms with E-state index in [9.17, 15) is 22.0 Å². The van der Waals surface area contributed by atoms with Crippen molar-refractivity contribution in [3.63, 3.8) is 0 Å². The summed E-state index contributed by atoms with van der Waals surface area (Å²) in [5, 5.41) is 0. The molecule has 0 aliphatic rings. The van der Waals surface area contributed by atoms with Crippen molar-refractivity contribution >= 4 is 0 Å². The Labute approximate surface area is 67.1 Å². The van der Waals surface area contributed by atoms with Gasteiger partial charge < -0.3 is 0 Å². The first-order chi connectivity index (χ1) is 5.37. The number of hydrogen-bond acceptors (Lipinski definition) is 0. The minimum atomic E-state index is -3.39. The first-order valence-electron chi connectivity index (χ1n) is 3.31. The lowest BCUT2D eigenvalue weighted by Crippen LogP contribution is -2.20. The average Bonchev–Trinajstić information content (AvgIpc) is 1.84. The van der Waals surface area contributed by atoms with E-state index in [0.29, 0.717) is 0 Å². The number of allylic oxidation sites excluding steroid dienone is 1. The van der Waals surface area contributed by atoms with E-state index in [4.69, 9.17) is 0 Å². The summed E-state index contributed by atoms with van der Waals surface area (Å²) < 4.78 is 59.7. The zero-order valence-corrected chi connectivity index (χ0v) is 6.24. The highest BCUT2D eigenvalue weighted by molar-refractivity contribution is 4.88. The smallest absolute Gasteiger partial charge is 0.247 e. The summed E-state index contributed by atoms with van der Waals surface area (Å²) in [5.41, 5.74) is 0. The van der Waals surface area contributed by atoms with Gasteiger partial charge in [-0.2, -0.15) is 0 Å². The second kappa shape index (κ2) is 4.42. The molecule has 0 amide bonds. The molecule has 5 heteroatoms. The summed E-state index contributed by atoms with van der Waals surface area (Å²) in [6, 6.07) is 0. The SMILES string of the molecule is C=CC(F)(F)CC(F)CC(F)F. The molecule has 0 nitrogen and oxygen atoms in total. The predicted octanol–water partition coefficient (Wildman–Crippen LogP) is 3.19. The zero-order valence-electron chi connectivity index (χ0n) is 6.24. The van der Waals surface area contributed by atoms with Gasteiger partial charge in [0, 0.05) is 12.8 Å². The lowest BCUT2D eigenvalue weighted by atomic mass is 10.1. The van der Waals surface area contributed by atoms with Crippen LogP contribution in [0.1, 0.15) is 12.8 Å². The van der Waals surface area contributed by atoms with Crippen LogP contribution in [-0.4, -0.2) is 18.5 Å². The molecule has 0 aromatic carbocycles. The molecule has 12 heavy (non-hydrogen) atoms. The Bertz CT molecular complexity index is 143. The fourth-order valence-electron chi connectivity index (χ4n) is 0.655. The average molecular weight is 188 g/mol. The van der Waals surface area contributed by atoms with Gasteiger partial charge in [-0.15, -0.1) is 0 Å². The molecule has 0 heterocycles. The first-order valence-corrected chi connectivity index (χ1v) is 3.31. The molecule has 0 saturated carbocycles. The number of rotatable bonds is 5. The van der Waals surface area contributed by atoms with E-state index in [1.54, 1.807) is 0 Å². The fraction of sp³-hybridized carbons (Fsp3) is 0.714. The summed E-state index contributed by atoms with van der Waals surface area (Å²) in [7, 11) is 0. The van der Waals surface area contributed by atoms with Crippen molar-refractivity contribution in [3.05, 3.63) is 12.7 Å². The van der Waals surface area contributed by atoms with E-state index >= 15 is 0 Å². The van der Waals surface area contributed by atoms with Gasteiger partial charge in [-0.3, -0.25) is 0 Å². The van der Waals surface area contributed by atoms with Crippen LogP contribution < -0.4 is 0 Å². The van der Waals surface area contributed by atoms with Gasteiger partial charge in [-0.05, 0) is 6.08 Å². The van der Waals surface area contributed by atoms with Crippen LogP contribution in [0, 0.1) is 0 Å². The quantitative estimate of drug-likeness (QED) is 0.459. The minimum absolute atomic E-state index is 0.255. The van der Waals surface area contributed by atoms with Crippen molar-refractivity contribution in [2.24, 2.45) is 0 Å². The van der Waals surface area contributed by atoms with Gasteiger partial charge in [-0.25, -0.2) is 22.0 Å². The molecule has 72 valence electrons. The molecule has 1 atom stereocenters. The van der Waals surface area contributed by atoms with Crippen molar-refractivity contribution in [1.82, 2.24) is 0 Å². The highest BCUT2D eigenvalue weighted by Crippen LogP contribution is 2.25. The van der Waals surface area contributed by atoms with Crippen LogP contribution in [0.15, 0.2) is 12.7 Å². The Hall–Kier alpha value is -0.610. The Morgan fingerprint density at radius 2 is 1.75 bits per heavy atom. The largest absolute Gasteiger partial charge is 0.269 e. The van der Waals surface area contributed by atoms with E-state index in [2.05, 4.69) is 6.58 Å².